The number of nitro benzene ring substituents is 1. The lowest BCUT2D eigenvalue weighted by molar-refractivity contribution is -0.384. The zero-order valence-electron chi connectivity index (χ0n) is 21.0. The third-order valence-electron chi connectivity index (χ3n) is 8.14. The maximum Gasteiger partial charge on any atom is 0.269 e. The molecule has 8 heteroatoms. The quantitative estimate of drug-likeness (QED) is 0.291. The van der Waals surface area contributed by atoms with E-state index >= 15 is 0 Å². The summed E-state index contributed by atoms with van der Waals surface area (Å²) in [7, 11) is 0. The zero-order valence-corrected chi connectivity index (χ0v) is 21.0. The number of non-ortho nitro benzene ring substituents is 1. The summed E-state index contributed by atoms with van der Waals surface area (Å²) in [5.41, 5.74) is 4.59. The standard InChI is InChI=1S/C30H27N3O5/c1-16(2)15-23(28(34)31-17-11-13-18(14-12-17)33(37)38)32-29(35)26-24-19-7-3-4-8-20(19)25(27(26)30(32)36)22-10-6-5-9-21(22)24/h3-14,16,23-27H,15H2,1-2H3,(H,31,34). The Morgan fingerprint density at radius 3 is 1.68 bits per heavy atom. The van der Waals surface area contributed by atoms with Gasteiger partial charge < -0.3 is 5.32 Å². The van der Waals surface area contributed by atoms with Crippen LogP contribution in [0.15, 0.2) is 72.8 Å². The van der Waals surface area contributed by atoms with Crippen molar-refractivity contribution in [3.8, 4) is 0 Å². The lowest BCUT2D eigenvalue weighted by atomic mass is 9.55. The minimum Gasteiger partial charge on any atom is -0.324 e. The van der Waals surface area contributed by atoms with Crippen LogP contribution in [0.3, 0.4) is 0 Å². The molecule has 0 spiro atoms. The Morgan fingerprint density at radius 2 is 1.29 bits per heavy atom. The summed E-state index contributed by atoms with van der Waals surface area (Å²) >= 11 is 0. The van der Waals surface area contributed by atoms with Gasteiger partial charge in [0.05, 0.1) is 16.8 Å². The molecule has 1 fully saturated rings. The highest BCUT2D eigenvalue weighted by Gasteiger charge is 2.63. The maximum atomic E-state index is 14.1. The molecular formula is C30H27N3O5. The van der Waals surface area contributed by atoms with Crippen molar-refractivity contribution in [2.45, 2.75) is 38.1 Å². The molecule has 38 heavy (non-hydrogen) atoms. The number of likely N-dealkylation sites (tertiary alicyclic amines) is 1. The van der Waals surface area contributed by atoms with E-state index in [0.29, 0.717) is 12.1 Å². The summed E-state index contributed by atoms with van der Waals surface area (Å²) in [6.45, 7) is 3.89. The Hall–Kier alpha value is -4.33. The van der Waals surface area contributed by atoms with Crippen molar-refractivity contribution in [2.75, 3.05) is 5.32 Å². The van der Waals surface area contributed by atoms with Gasteiger partial charge in [0.1, 0.15) is 6.04 Å². The number of nitrogens with one attached hydrogen (secondary N) is 1. The summed E-state index contributed by atoms with van der Waals surface area (Å²) < 4.78 is 0. The monoisotopic (exact) mass is 509 g/mol. The van der Waals surface area contributed by atoms with E-state index in [2.05, 4.69) is 5.32 Å². The minimum absolute atomic E-state index is 0.0388. The molecule has 3 aromatic rings. The average molecular weight is 510 g/mol. The summed E-state index contributed by atoms with van der Waals surface area (Å²) in [6.07, 6.45) is 0.310. The first kappa shape index (κ1) is 24.0. The summed E-state index contributed by atoms with van der Waals surface area (Å²) in [5, 5.41) is 13.8. The predicted molar refractivity (Wildman–Crippen MR) is 140 cm³/mol. The van der Waals surface area contributed by atoms with Crippen LogP contribution in [0.2, 0.25) is 0 Å². The molecule has 2 bridgehead atoms. The van der Waals surface area contributed by atoms with Gasteiger partial charge in [-0.3, -0.25) is 29.4 Å². The number of carbonyl (C=O) groups excluding carboxylic acids is 3. The van der Waals surface area contributed by atoms with Gasteiger partial charge >= 0.3 is 0 Å². The number of rotatable bonds is 6. The number of nitrogens with zero attached hydrogens (tertiary/aromatic N) is 2. The molecule has 3 unspecified atom stereocenters. The highest BCUT2D eigenvalue weighted by molar-refractivity contribution is 6.11. The van der Waals surface area contributed by atoms with Crippen LogP contribution in [0.5, 0.6) is 0 Å². The van der Waals surface area contributed by atoms with Gasteiger partial charge in [-0.2, -0.15) is 0 Å². The number of benzene rings is 3. The first-order chi connectivity index (χ1) is 18.3. The fourth-order valence-corrected chi connectivity index (χ4v) is 6.68. The van der Waals surface area contributed by atoms with Gasteiger partial charge in [0.15, 0.2) is 0 Å². The number of amides is 3. The van der Waals surface area contributed by atoms with Crippen LogP contribution in [-0.2, 0) is 14.4 Å². The molecule has 3 aromatic carbocycles. The van der Waals surface area contributed by atoms with E-state index in [0.717, 1.165) is 22.3 Å². The maximum absolute atomic E-state index is 14.1. The number of carbonyl (C=O) groups is 3. The van der Waals surface area contributed by atoms with Gasteiger partial charge in [0.25, 0.3) is 5.69 Å². The Labute approximate surface area is 219 Å². The highest BCUT2D eigenvalue weighted by Crippen LogP contribution is 2.61. The van der Waals surface area contributed by atoms with Crippen LogP contribution in [0, 0.1) is 27.9 Å². The van der Waals surface area contributed by atoms with Gasteiger partial charge in [-0.25, -0.2) is 0 Å². The van der Waals surface area contributed by atoms with Crippen molar-refractivity contribution < 1.29 is 19.3 Å². The van der Waals surface area contributed by atoms with E-state index in [4.69, 9.17) is 0 Å². The van der Waals surface area contributed by atoms with Crippen molar-refractivity contribution in [1.82, 2.24) is 4.90 Å². The van der Waals surface area contributed by atoms with Crippen molar-refractivity contribution in [3.63, 3.8) is 0 Å². The predicted octanol–water partition coefficient (Wildman–Crippen LogP) is 4.84. The normalized spacial score (nSPS) is 23.6. The average Bonchev–Trinajstić information content (AvgIpc) is 3.17. The molecule has 0 radical (unpaired) electrons. The van der Waals surface area contributed by atoms with E-state index in [1.165, 1.54) is 29.2 Å². The van der Waals surface area contributed by atoms with Crippen molar-refractivity contribution in [2.24, 2.45) is 17.8 Å². The van der Waals surface area contributed by atoms with E-state index in [9.17, 15) is 24.5 Å². The van der Waals surface area contributed by atoms with Gasteiger partial charge in [0, 0.05) is 29.7 Å². The number of imide groups is 1. The Balaban J connectivity index is 1.37. The molecule has 3 amide bonds. The first-order valence-corrected chi connectivity index (χ1v) is 12.9. The lowest BCUT2D eigenvalue weighted by Crippen LogP contribution is -2.48. The van der Waals surface area contributed by atoms with Crippen molar-refractivity contribution in [3.05, 3.63) is 105 Å². The molecule has 1 aliphatic heterocycles. The highest BCUT2D eigenvalue weighted by atomic mass is 16.6. The van der Waals surface area contributed by atoms with Gasteiger partial charge in [-0.1, -0.05) is 62.4 Å². The van der Waals surface area contributed by atoms with Gasteiger partial charge in [-0.15, -0.1) is 0 Å². The molecule has 8 nitrogen and oxygen atoms in total. The molecule has 1 heterocycles. The second-order valence-corrected chi connectivity index (χ2v) is 10.7. The molecular weight excluding hydrogens is 482 g/mol. The first-order valence-electron chi connectivity index (χ1n) is 12.9. The summed E-state index contributed by atoms with van der Waals surface area (Å²) in [5.74, 6) is -2.63. The number of anilines is 1. The smallest absolute Gasteiger partial charge is 0.269 e. The van der Waals surface area contributed by atoms with Crippen LogP contribution >= 0.6 is 0 Å². The third kappa shape index (κ3) is 3.55. The van der Waals surface area contributed by atoms with E-state index < -0.39 is 28.7 Å². The largest absolute Gasteiger partial charge is 0.324 e. The van der Waals surface area contributed by atoms with E-state index in [1.54, 1.807) is 0 Å². The second-order valence-electron chi connectivity index (χ2n) is 10.7. The molecule has 0 saturated carbocycles. The number of hydrogen-bond acceptors (Lipinski definition) is 5. The Kier molecular flexibility index (Phi) is 5.63. The molecule has 1 N–H and O–H groups in total. The molecule has 0 aromatic heterocycles. The third-order valence-corrected chi connectivity index (χ3v) is 8.14. The van der Waals surface area contributed by atoms with Crippen LogP contribution < -0.4 is 5.32 Å². The van der Waals surface area contributed by atoms with E-state index in [-0.39, 0.29) is 35.3 Å². The number of nitro groups is 1. The molecule has 3 atom stereocenters. The topological polar surface area (TPSA) is 110 Å². The summed E-state index contributed by atoms with van der Waals surface area (Å²) in [4.78, 5) is 53.5. The SMILES string of the molecule is CC(C)CC(C(=O)Nc1ccc([N+](=O)[O-])cc1)N1C(=O)C2C3c4ccccc4C(c4ccccc43)C2C1=O. The summed E-state index contributed by atoms with van der Waals surface area (Å²) in [6, 6.07) is 20.6. The van der Waals surface area contributed by atoms with Crippen LogP contribution in [0.1, 0.15) is 54.4 Å². The van der Waals surface area contributed by atoms with Crippen molar-refractivity contribution >= 4 is 29.1 Å². The second kappa shape index (κ2) is 8.90. The van der Waals surface area contributed by atoms with Crippen molar-refractivity contribution in [1.29, 1.82) is 0 Å². The minimum atomic E-state index is -0.985. The molecule has 3 aliphatic carbocycles. The fourth-order valence-electron chi connectivity index (χ4n) is 6.68. The molecule has 192 valence electrons. The Bertz CT molecular complexity index is 1370. The molecule has 4 aliphatic rings. The Morgan fingerprint density at radius 1 is 0.842 bits per heavy atom. The van der Waals surface area contributed by atoms with Crippen LogP contribution in [0.4, 0.5) is 11.4 Å². The zero-order chi connectivity index (χ0) is 26.7. The van der Waals surface area contributed by atoms with Crippen LogP contribution in [-0.4, -0.2) is 33.6 Å². The fraction of sp³-hybridized carbons (Fsp3) is 0.300. The van der Waals surface area contributed by atoms with Crippen LogP contribution in [0.25, 0.3) is 0 Å². The van der Waals surface area contributed by atoms with Gasteiger partial charge in [-0.05, 0) is 46.7 Å². The lowest BCUT2D eigenvalue weighted by Gasteiger charge is -2.45. The van der Waals surface area contributed by atoms with Gasteiger partial charge in [0.2, 0.25) is 17.7 Å². The molecule has 1 saturated heterocycles. The molecule has 7 rings (SSSR count). The van der Waals surface area contributed by atoms with E-state index in [1.807, 2.05) is 62.4 Å². The number of hydrogen-bond donors (Lipinski definition) is 1.